The maximum absolute atomic E-state index is 14.9. The van der Waals surface area contributed by atoms with Crippen molar-refractivity contribution in [3.05, 3.63) is 65.7 Å². The summed E-state index contributed by atoms with van der Waals surface area (Å²) in [4.78, 5) is 44.1. The van der Waals surface area contributed by atoms with Crippen LogP contribution in [0.4, 0.5) is 4.79 Å². The maximum Gasteiger partial charge on any atom is 0.413 e. The number of nitrogens with zero attached hydrogens (tertiary/aromatic N) is 1. The van der Waals surface area contributed by atoms with Crippen molar-refractivity contribution in [3.63, 3.8) is 0 Å². The van der Waals surface area contributed by atoms with E-state index in [-0.39, 0.29) is 24.6 Å². The number of rotatable bonds is 17. The number of likely N-dealkylation sites (tertiary alicyclic amines) is 1. The van der Waals surface area contributed by atoms with Gasteiger partial charge < -0.3 is 29.1 Å². The molecule has 1 heterocycles. The highest BCUT2D eigenvalue weighted by molar-refractivity contribution is 6.74. The molecule has 4 atom stereocenters. The Kier molecular flexibility index (Phi) is 14.9. The van der Waals surface area contributed by atoms with Crippen molar-refractivity contribution >= 4 is 34.5 Å². The number of amides is 3. The number of nitrogens with one attached hydrogen (secondary N) is 2. The van der Waals surface area contributed by atoms with E-state index in [9.17, 15) is 14.4 Å². The first-order valence-electron chi connectivity index (χ1n) is 18.3. The number of hydrogen-bond donors (Lipinski definition) is 2. The van der Waals surface area contributed by atoms with E-state index in [4.69, 9.17) is 20.0 Å². The fourth-order valence-electron chi connectivity index (χ4n) is 7.01. The second-order valence-electron chi connectivity index (χ2n) is 14.0. The molecule has 0 aromatic heterocycles. The molecular formula is C39H59N3O6Si2. The predicted octanol–water partition coefficient (Wildman–Crippen LogP) is 7.79. The molecule has 1 fully saturated rings. The van der Waals surface area contributed by atoms with Crippen molar-refractivity contribution in [1.82, 2.24) is 15.5 Å². The lowest BCUT2D eigenvalue weighted by molar-refractivity contribution is -0.144. The SMILES string of the molecule is C#Cc1ccc([C@H](C)NC(=O)[C@@H]2C[C@@H](O[Si](CC)(CC)CC)CN2C(=O)[C@@H](NC(=O)Oc2ccccc2)C(C)(C)O[Si](CC)(CC)CC)cc1. The second-order valence-corrected chi connectivity index (χ2v) is 23.4. The Hall–Kier alpha value is -3.44. The van der Waals surface area contributed by atoms with Crippen molar-refractivity contribution in [2.75, 3.05) is 6.54 Å². The molecule has 11 heteroatoms. The monoisotopic (exact) mass is 721 g/mol. The van der Waals surface area contributed by atoms with Crippen molar-refractivity contribution in [3.8, 4) is 18.1 Å². The van der Waals surface area contributed by atoms with E-state index < -0.39 is 46.3 Å². The zero-order chi connectivity index (χ0) is 37.1. The molecule has 0 saturated carbocycles. The Morgan fingerprint density at radius 2 is 1.44 bits per heavy atom. The minimum atomic E-state index is -2.26. The van der Waals surface area contributed by atoms with Crippen molar-refractivity contribution < 1.29 is 28.0 Å². The van der Waals surface area contributed by atoms with Gasteiger partial charge in [0.1, 0.15) is 17.8 Å². The molecular weight excluding hydrogens is 663 g/mol. The largest absolute Gasteiger partial charge is 0.413 e. The normalized spacial score (nSPS) is 17.8. The predicted molar refractivity (Wildman–Crippen MR) is 205 cm³/mol. The van der Waals surface area contributed by atoms with Crippen LogP contribution in [0.2, 0.25) is 36.3 Å². The Labute approximate surface area is 302 Å². The van der Waals surface area contributed by atoms with Crippen LogP contribution in [0.5, 0.6) is 5.75 Å². The van der Waals surface area contributed by atoms with Gasteiger partial charge in [-0.15, -0.1) is 6.42 Å². The molecule has 0 aliphatic carbocycles. The van der Waals surface area contributed by atoms with E-state index in [1.165, 1.54) is 0 Å². The molecule has 50 heavy (non-hydrogen) atoms. The molecule has 0 unspecified atom stereocenters. The van der Waals surface area contributed by atoms with E-state index in [1.54, 1.807) is 29.2 Å². The van der Waals surface area contributed by atoms with Crippen LogP contribution in [0.25, 0.3) is 0 Å². The topological polar surface area (TPSA) is 106 Å². The summed E-state index contributed by atoms with van der Waals surface area (Å²) in [5, 5.41) is 6.01. The Bertz CT molecular complexity index is 1440. The lowest BCUT2D eigenvalue weighted by atomic mass is 9.97. The Morgan fingerprint density at radius 3 is 1.96 bits per heavy atom. The number of carbonyl (C=O) groups excluding carboxylic acids is 3. The van der Waals surface area contributed by atoms with Gasteiger partial charge in [-0.25, -0.2) is 4.79 Å². The summed E-state index contributed by atoms with van der Waals surface area (Å²) in [5.41, 5.74) is 0.542. The van der Waals surface area contributed by atoms with Crippen LogP contribution in [0.3, 0.4) is 0 Å². The fraction of sp³-hybridized carbons (Fsp3) is 0.564. The molecule has 274 valence electrons. The number of benzene rings is 2. The summed E-state index contributed by atoms with van der Waals surface area (Å²) < 4.78 is 19.4. The first-order valence-corrected chi connectivity index (χ1v) is 23.4. The summed E-state index contributed by atoms with van der Waals surface area (Å²) in [7, 11) is -4.34. The fourth-order valence-corrected chi connectivity index (χ4v) is 13.1. The molecule has 2 N–H and O–H groups in total. The quantitative estimate of drug-likeness (QED) is 0.128. The number of carbonyl (C=O) groups is 3. The third-order valence-electron chi connectivity index (χ3n) is 10.7. The van der Waals surface area contributed by atoms with Gasteiger partial charge in [0, 0.05) is 18.5 Å². The molecule has 1 aliphatic heterocycles. The van der Waals surface area contributed by atoms with Crippen LogP contribution in [-0.4, -0.2) is 69.8 Å². The van der Waals surface area contributed by atoms with Gasteiger partial charge in [-0.2, -0.15) is 0 Å². The summed E-state index contributed by atoms with van der Waals surface area (Å²) >= 11 is 0. The smallest absolute Gasteiger partial charge is 0.412 e. The molecule has 0 radical (unpaired) electrons. The van der Waals surface area contributed by atoms with E-state index in [0.717, 1.165) is 47.4 Å². The summed E-state index contributed by atoms with van der Waals surface area (Å²) in [6.45, 7) is 18.7. The summed E-state index contributed by atoms with van der Waals surface area (Å²) in [5.74, 6) is 2.29. The van der Waals surface area contributed by atoms with Gasteiger partial charge in [0.05, 0.1) is 17.7 Å². The average Bonchev–Trinajstić information content (AvgIpc) is 3.56. The van der Waals surface area contributed by atoms with Gasteiger partial charge in [0.2, 0.25) is 11.8 Å². The molecule has 9 nitrogen and oxygen atoms in total. The van der Waals surface area contributed by atoms with Crippen LogP contribution in [0.15, 0.2) is 54.6 Å². The Morgan fingerprint density at radius 1 is 0.880 bits per heavy atom. The van der Waals surface area contributed by atoms with E-state index in [1.807, 2.05) is 51.1 Å². The highest BCUT2D eigenvalue weighted by Gasteiger charge is 2.50. The van der Waals surface area contributed by atoms with Gasteiger partial charge in [-0.1, -0.05) is 77.8 Å². The van der Waals surface area contributed by atoms with Gasteiger partial charge in [-0.05, 0) is 86.9 Å². The van der Waals surface area contributed by atoms with Crippen LogP contribution in [0, 0.1) is 12.3 Å². The summed E-state index contributed by atoms with van der Waals surface area (Å²) in [6, 6.07) is 19.4. The number of hydrogen-bond acceptors (Lipinski definition) is 6. The van der Waals surface area contributed by atoms with Gasteiger partial charge >= 0.3 is 6.09 Å². The maximum atomic E-state index is 14.9. The minimum Gasteiger partial charge on any atom is -0.412 e. The highest BCUT2D eigenvalue weighted by atomic mass is 28.4. The first kappa shape index (κ1) is 41.0. The highest BCUT2D eigenvalue weighted by Crippen LogP contribution is 2.34. The molecule has 2 aromatic rings. The molecule has 1 saturated heterocycles. The number of ether oxygens (including phenoxy) is 1. The second kappa shape index (κ2) is 18.2. The number of terminal acetylenes is 1. The molecule has 2 aromatic carbocycles. The zero-order valence-electron chi connectivity index (χ0n) is 31.6. The average molecular weight is 722 g/mol. The van der Waals surface area contributed by atoms with Crippen molar-refractivity contribution in [2.24, 2.45) is 0 Å². The Balaban J connectivity index is 2.01. The van der Waals surface area contributed by atoms with Gasteiger partial charge in [0.15, 0.2) is 16.6 Å². The van der Waals surface area contributed by atoms with E-state index >= 15 is 0 Å². The minimum absolute atomic E-state index is 0.233. The molecule has 0 spiro atoms. The van der Waals surface area contributed by atoms with E-state index in [0.29, 0.717) is 12.2 Å². The molecule has 0 bridgehead atoms. The molecule has 3 amide bonds. The van der Waals surface area contributed by atoms with Gasteiger partial charge in [0.25, 0.3) is 0 Å². The zero-order valence-corrected chi connectivity index (χ0v) is 33.6. The number of para-hydroxylation sites is 1. The lowest BCUT2D eigenvalue weighted by Gasteiger charge is -2.43. The van der Waals surface area contributed by atoms with Crippen molar-refractivity contribution in [1.29, 1.82) is 0 Å². The van der Waals surface area contributed by atoms with E-state index in [2.05, 4.69) is 58.1 Å². The van der Waals surface area contributed by atoms with Crippen LogP contribution < -0.4 is 15.4 Å². The molecule has 1 aliphatic rings. The lowest BCUT2D eigenvalue weighted by Crippen LogP contribution is -2.64. The molecule has 3 rings (SSSR count). The first-order chi connectivity index (χ1) is 23.7. The van der Waals surface area contributed by atoms with Crippen LogP contribution in [-0.2, 0) is 18.4 Å². The third kappa shape index (κ3) is 10.1. The van der Waals surface area contributed by atoms with Crippen LogP contribution >= 0.6 is 0 Å². The van der Waals surface area contributed by atoms with Crippen molar-refractivity contribution in [2.45, 2.75) is 135 Å². The summed E-state index contributed by atoms with van der Waals surface area (Å²) in [6.07, 6.45) is 4.81. The third-order valence-corrected chi connectivity index (χ3v) is 20.2. The van der Waals surface area contributed by atoms with Crippen LogP contribution in [0.1, 0.15) is 85.9 Å². The van der Waals surface area contributed by atoms with Gasteiger partial charge in [-0.3, -0.25) is 9.59 Å². The standard InChI is InChI=1S/C39H59N3O6Si2/c1-11-30-23-25-31(26-24-30)29(8)40-36(43)34-27-33(47-49(12-2,13-3)14-4)28-42(34)37(44)35(39(9,10)48-50(15-5,16-6)17-7)41-38(45)46-32-21-19-18-20-22-32/h1,18-26,29,33-35H,12-17,27-28H2,2-10H3,(H,40,43)(H,41,45)/t29-,33+,34-,35+/m0/s1.